The van der Waals surface area contributed by atoms with E-state index in [9.17, 15) is 18.0 Å². The molecule has 11 heteroatoms. The molecule has 3 heterocycles. The van der Waals surface area contributed by atoms with Gasteiger partial charge in [0.2, 0.25) is 11.7 Å². The van der Waals surface area contributed by atoms with E-state index in [4.69, 9.17) is 16.1 Å². The van der Waals surface area contributed by atoms with Gasteiger partial charge in [-0.05, 0) is 43.3 Å². The Balaban J connectivity index is 1.34. The number of aromatic nitrogens is 3. The minimum Gasteiger partial charge on any atom is -0.338 e. The first kappa shape index (κ1) is 22.2. The predicted octanol–water partition coefficient (Wildman–Crippen LogP) is 4.07. The fourth-order valence-corrected chi connectivity index (χ4v) is 3.58. The van der Waals surface area contributed by atoms with Gasteiger partial charge in [-0.15, -0.1) is 0 Å². The van der Waals surface area contributed by atoms with Gasteiger partial charge in [0.1, 0.15) is 5.69 Å². The van der Waals surface area contributed by atoms with Crippen LogP contribution in [0.5, 0.6) is 0 Å². The fourth-order valence-electron chi connectivity index (χ4n) is 3.45. The van der Waals surface area contributed by atoms with Crippen LogP contribution in [0.3, 0.4) is 0 Å². The van der Waals surface area contributed by atoms with E-state index in [-0.39, 0.29) is 17.2 Å². The number of nitrogens with zero attached hydrogens (tertiary/aromatic N) is 5. The molecule has 1 fully saturated rings. The first-order valence-electron chi connectivity index (χ1n) is 9.86. The molecule has 1 aliphatic rings. The Morgan fingerprint density at radius 2 is 1.75 bits per heavy atom. The normalized spacial score (nSPS) is 15.2. The Morgan fingerprint density at radius 1 is 1.06 bits per heavy atom. The third kappa shape index (κ3) is 4.91. The fraction of sp³-hybridized carbons (Fsp3) is 0.333. The molecule has 0 N–H and O–H groups in total. The van der Waals surface area contributed by atoms with Crippen LogP contribution in [-0.2, 0) is 12.7 Å². The van der Waals surface area contributed by atoms with Gasteiger partial charge in [-0.25, -0.2) is 4.98 Å². The van der Waals surface area contributed by atoms with Crippen LogP contribution in [-0.4, -0.2) is 57.0 Å². The molecule has 0 saturated carbocycles. The van der Waals surface area contributed by atoms with Crippen LogP contribution in [0, 0.1) is 6.92 Å². The van der Waals surface area contributed by atoms with Crippen LogP contribution >= 0.6 is 11.6 Å². The molecule has 168 valence electrons. The van der Waals surface area contributed by atoms with Crippen LogP contribution < -0.4 is 0 Å². The molecule has 4 rings (SSSR count). The highest BCUT2D eigenvalue weighted by Gasteiger charge is 2.33. The number of rotatable bonds is 4. The van der Waals surface area contributed by atoms with Crippen molar-refractivity contribution in [3.63, 3.8) is 0 Å². The molecule has 1 amide bonds. The highest BCUT2D eigenvalue weighted by Crippen LogP contribution is 2.28. The maximum atomic E-state index is 12.8. The Morgan fingerprint density at radius 3 is 2.38 bits per heavy atom. The number of carbonyl (C=O) groups excluding carboxylic acids is 1. The topological polar surface area (TPSA) is 75.4 Å². The van der Waals surface area contributed by atoms with Gasteiger partial charge in [0.05, 0.1) is 17.8 Å². The number of alkyl halides is 3. The summed E-state index contributed by atoms with van der Waals surface area (Å²) in [4.78, 5) is 24.4. The van der Waals surface area contributed by atoms with Gasteiger partial charge in [0.25, 0.3) is 5.91 Å². The van der Waals surface area contributed by atoms with Crippen molar-refractivity contribution >= 4 is 17.5 Å². The third-order valence-corrected chi connectivity index (χ3v) is 5.45. The van der Waals surface area contributed by atoms with Crippen molar-refractivity contribution in [1.29, 1.82) is 0 Å². The van der Waals surface area contributed by atoms with E-state index in [2.05, 4.69) is 20.0 Å². The van der Waals surface area contributed by atoms with Crippen molar-refractivity contribution < 1.29 is 22.5 Å². The van der Waals surface area contributed by atoms with Gasteiger partial charge >= 0.3 is 6.18 Å². The second kappa shape index (κ2) is 8.87. The molecule has 0 aliphatic carbocycles. The zero-order valence-electron chi connectivity index (χ0n) is 17.1. The zero-order chi connectivity index (χ0) is 22.9. The summed E-state index contributed by atoms with van der Waals surface area (Å²) in [6.07, 6.45) is -4.54. The number of aryl methyl sites for hydroxylation is 1. The van der Waals surface area contributed by atoms with Crippen LogP contribution in [0.4, 0.5) is 13.2 Å². The number of piperazine rings is 1. The molecule has 32 heavy (non-hydrogen) atoms. The molecule has 0 unspecified atom stereocenters. The first-order valence-corrected chi connectivity index (χ1v) is 10.2. The van der Waals surface area contributed by atoms with E-state index in [1.807, 2.05) is 0 Å². The van der Waals surface area contributed by atoms with E-state index in [0.717, 1.165) is 11.6 Å². The third-order valence-electron chi connectivity index (χ3n) is 5.20. The second-order valence-electron chi connectivity index (χ2n) is 7.41. The highest BCUT2D eigenvalue weighted by molar-refractivity contribution is 6.30. The minimum absolute atomic E-state index is 0.0628. The lowest BCUT2D eigenvalue weighted by molar-refractivity contribution is -0.141. The SMILES string of the molecule is Cc1nc(C(F)(F)F)ccc1C(=O)N1CCN(Cc2nc(-c3ccc(Cl)cc3)no2)CC1. The van der Waals surface area contributed by atoms with Crippen LogP contribution in [0.15, 0.2) is 40.9 Å². The molecule has 0 spiro atoms. The summed E-state index contributed by atoms with van der Waals surface area (Å²) in [6, 6.07) is 9.13. The largest absolute Gasteiger partial charge is 0.433 e. The van der Waals surface area contributed by atoms with E-state index in [1.54, 1.807) is 29.2 Å². The minimum atomic E-state index is -4.54. The first-order chi connectivity index (χ1) is 15.2. The second-order valence-corrected chi connectivity index (χ2v) is 7.85. The van der Waals surface area contributed by atoms with Gasteiger partial charge in [0, 0.05) is 36.8 Å². The van der Waals surface area contributed by atoms with Crippen LogP contribution in [0.2, 0.25) is 5.02 Å². The summed E-state index contributed by atoms with van der Waals surface area (Å²) in [6.45, 7) is 3.83. The standard InChI is InChI=1S/C21H19ClF3N5O2/c1-13-16(6-7-17(26-13)21(23,24)25)20(31)30-10-8-29(9-11-30)12-18-27-19(28-32-18)14-2-4-15(22)5-3-14/h2-7H,8-12H2,1H3. The van der Waals surface area contributed by atoms with Crippen molar-refractivity contribution in [2.45, 2.75) is 19.6 Å². The number of amides is 1. The van der Waals surface area contributed by atoms with Crippen molar-refractivity contribution in [2.24, 2.45) is 0 Å². The number of benzene rings is 1. The monoisotopic (exact) mass is 465 g/mol. The Labute approximate surface area is 186 Å². The summed E-state index contributed by atoms with van der Waals surface area (Å²) >= 11 is 5.89. The maximum Gasteiger partial charge on any atom is 0.433 e. The van der Waals surface area contributed by atoms with Gasteiger partial charge in [-0.3, -0.25) is 9.69 Å². The van der Waals surface area contributed by atoms with Gasteiger partial charge < -0.3 is 9.42 Å². The Hall–Kier alpha value is -2.98. The quantitative estimate of drug-likeness (QED) is 0.578. The Kier molecular flexibility index (Phi) is 6.16. The van der Waals surface area contributed by atoms with Crippen LogP contribution in [0.1, 0.15) is 27.6 Å². The smallest absolute Gasteiger partial charge is 0.338 e. The van der Waals surface area contributed by atoms with E-state index < -0.39 is 11.9 Å². The van der Waals surface area contributed by atoms with Gasteiger partial charge in [-0.1, -0.05) is 16.8 Å². The highest BCUT2D eigenvalue weighted by atomic mass is 35.5. The van der Waals surface area contributed by atoms with Crippen molar-refractivity contribution in [3.8, 4) is 11.4 Å². The number of pyridine rings is 1. The molecule has 0 bridgehead atoms. The molecular formula is C21H19ClF3N5O2. The number of halogens is 4. The lowest BCUT2D eigenvalue weighted by Crippen LogP contribution is -2.48. The molecule has 2 aromatic heterocycles. The molecule has 7 nitrogen and oxygen atoms in total. The molecule has 1 saturated heterocycles. The lowest BCUT2D eigenvalue weighted by Gasteiger charge is -2.34. The average molecular weight is 466 g/mol. The predicted molar refractivity (Wildman–Crippen MR) is 110 cm³/mol. The molecule has 1 aliphatic heterocycles. The average Bonchev–Trinajstić information content (AvgIpc) is 3.22. The zero-order valence-corrected chi connectivity index (χ0v) is 17.8. The molecule has 3 aromatic rings. The number of hydrogen-bond acceptors (Lipinski definition) is 6. The van der Waals surface area contributed by atoms with Crippen LogP contribution in [0.25, 0.3) is 11.4 Å². The number of carbonyl (C=O) groups is 1. The van der Waals surface area contributed by atoms with E-state index in [0.29, 0.717) is 49.5 Å². The molecule has 1 aromatic carbocycles. The van der Waals surface area contributed by atoms with Gasteiger partial charge in [-0.2, -0.15) is 18.2 Å². The summed E-state index contributed by atoms with van der Waals surface area (Å²) < 4.78 is 43.7. The van der Waals surface area contributed by atoms with E-state index in [1.165, 1.54) is 13.0 Å². The van der Waals surface area contributed by atoms with E-state index >= 15 is 0 Å². The maximum absolute atomic E-state index is 12.8. The molecular weight excluding hydrogens is 447 g/mol. The summed E-state index contributed by atoms with van der Waals surface area (Å²) in [5.41, 5.74) is 0.0260. The van der Waals surface area contributed by atoms with Gasteiger partial charge in [0.15, 0.2) is 0 Å². The summed E-state index contributed by atoms with van der Waals surface area (Å²) in [5.74, 6) is 0.597. The van der Waals surface area contributed by atoms with Crippen molar-refractivity contribution in [2.75, 3.05) is 26.2 Å². The van der Waals surface area contributed by atoms with Crippen molar-refractivity contribution in [3.05, 3.63) is 64.3 Å². The molecule has 0 radical (unpaired) electrons. The summed E-state index contributed by atoms with van der Waals surface area (Å²) in [5, 5.41) is 4.61. The van der Waals surface area contributed by atoms with Crippen molar-refractivity contribution in [1.82, 2.24) is 24.9 Å². The number of hydrogen-bond donors (Lipinski definition) is 0. The molecule has 0 atom stereocenters. The summed E-state index contributed by atoms with van der Waals surface area (Å²) in [7, 11) is 0. The lowest BCUT2D eigenvalue weighted by atomic mass is 10.1. The Bertz CT molecular complexity index is 1110.